The van der Waals surface area contributed by atoms with Crippen molar-refractivity contribution in [3.8, 4) is 0 Å². The van der Waals surface area contributed by atoms with E-state index in [0.29, 0.717) is 34.8 Å². The summed E-state index contributed by atoms with van der Waals surface area (Å²) in [4.78, 5) is 20.5. The SMILES string of the molecule is CCc1nc2ccccc2n1C1C[C@H]2CC[C@@H](C1)N2CC[C@H](NC(=O)c1cc[n+]([O-])cc1)c1cccc(F)c1. The Morgan fingerprint density at radius 3 is 2.54 bits per heavy atom. The number of hydrogen-bond donors (Lipinski definition) is 1. The van der Waals surface area contributed by atoms with Crippen LogP contribution in [0.15, 0.2) is 73.1 Å². The van der Waals surface area contributed by atoms with Gasteiger partial charge in [-0.3, -0.25) is 9.69 Å². The quantitative estimate of drug-likeness (QED) is 0.256. The van der Waals surface area contributed by atoms with Gasteiger partial charge in [-0.25, -0.2) is 9.37 Å². The molecule has 4 aromatic rings. The van der Waals surface area contributed by atoms with Gasteiger partial charge in [0, 0.05) is 43.2 Å². The van der Waals surface area contributed by atoms with Crippen LogP contribution in [0.4, 0.5) is 4.39 Å². The molecule has 1 unspecified atom stereocenters. The molecule has 2 fully saturated rings. The predicted molar refractivity (Wildman–Crippen MR) is 148 cm³/mol. The Kier molecular flexibility index (Phi) is 7.04. The average Bonchev–Trinajstić information content (AvgIpc) is 3.44. The summed E-state index contributed by atoms with van der Waals surface area (Å²) in [6, 6.07) is 18.9. The summed E-state index contributed by atoms with van der Waals surface area (Å²) in [5.74, 6) is 0.566. The second kappa shape index (κ2) is 10.8. The maximum Gasteiger partial charge on any atom is 0.252 e. The van der Waals surface area contributed by atoms with Crippen molar-refractivity contribution in [3.05, 3.63) is 101 Å². The number of aryl methyl sites for hydroxylation is 1. The standard InChI is InChI=1S/C31H34FN5O2/c1-2-30-33-28-8-3-4-9-29(28)37(30)26-19-24-10-11-25(20-26)36(24)17-14-27(22-6-5-7-23(32)18-22)34-31(38)21-12-15-35(39)16-13-21/h3-9,12-13,15-16,18,24-27H,2,10-11,14,17,19-20H2,1H3,(H,34,38)/t24-,25+,26?,27-/m0/s1. The summed E-state index contributed by atoms with van der Waals surface area (Å²) >= 11 is 0. The van der Waals surface area contributed by atoms with Gasteiger partial charge in [0.05, 0.1) is 22.6 Å². The highest BCUT2D eigenvalue weighted by atomic mass is 19.1. The van der Waals surface area contributed by atoms with Gasteiger partial charge in [-0.1, -0.05) is 31.2 Å². The lowest BCUT2D eigenvalue weighted by Crippen LogP contribution is -2.45. The Morgan fingerprint density at radius 1 is 1.08 bits per heavy atom. The number of nitrogens with one attached hydrogen (secondary N) is 1. The molecule has 4 atom stereocenters. The smallest absolute Gasteiger partial charge is 0.252 e. The van der Waals surface area contributed by atoms with Crippen molar-refractivity contribution in [2.24, 2.45) is 0 Å². The molecule has 0 spiro atoms. The first kappa shape index (κ1) is 25.5. The van der Waals surface area contributed by atoms with Crippen molar-refractivity contribution in [2.45, 2.75) is 69.6 Å². The molecule has 0 radical (unpaired) electrons. The molecule has 2 saturated heterocycles. The number of pyridine rings is 1. The van der Waals surface area contributed by atoms with Crippen LogP contribution in [0.2, 0.25) is 0 Å². The minimum Gasteiger partial charge on any atom is -0.619 e. The lowest BCUT2D eigenvalue weighted by molar-refractivity contribution is -0.605. The number of aromatic nitrogens is 3. The molecule has 0 aliphatic carbocycles. The van der Waals surface area contributed by atoms with Gasteiger partial charge in [0.2, 0.25) is 0 Å². The maximum absolute atomic E-state index is 14.1. The van der Waals surface area contributed by atoms with Crippen LogP contribution in [-0.4, -0.2) is 39.0 Å². The molecule has 202 valence electrons. The van der Waals surface area contributed by atoms with Crippen LogP contribution in [0.3, 0.4) is 0 Å². The van der Waals surface area contributed by atoms with Gasteiger partial charge in [-0.05, 0) is 61.9 Å². The van der Waals surface area contributed by atoms with E-state index in [2.05, 4.69) is 46.0 Å². The molecular weight excluding hydrogens is 493 g/mol. The van der Waals surface area contributed by atoms with Gasteiger partial charge < -0.3 is 15.1 Å². The number of amides is 1. The van der Waals surface area contributed by atoms with Crippen molar-refractivity contribution >= 4 is 16.9 Å². The molecule has 2 bridgehead atoms. The normalized spacial score (nSPS) is 21.7. The summed E-state index contributed by atoms with van der Waals surface area (Å²) in [6.07, 6.45) is 8.71. The van der Waals surface area contributed by atoms with Crippen molar-refractivity contribution in [2.75, 3.05) is 6.54 Å². The molecule has 6 rings (SSSR count). The number of benzene rings is 2. The molecule has 39 heavy (non-hydrogen) atoms. The molecule has 2 aromatic carbocycles. The molecule has 2 aromatic heterocycles. The summed E-state index contributed by atoms with van der Waals surface area (Å²) in [5, 5.41) is 14.5. The topological polar surface area (TPSA) is 77.1 Å². The van der Waals surface area contributed by atoms with Crippen molar-refractivity contribution in [1.82, 2.24) is 19.8 Å². The van der Waals surface area contributed by atoms with Gasteiger partial charge in [0.15, 0.2) is 12.4 Å². The third-order valence-corrected chi connectivity index (χ3v) is 8.51. The number of rotatable bonds is 8. The zero-order valence-corrected chi connectivity index (χ0v) is 22.2. The zero-order chi connectivity index (χ0) is 26.9. The first-order chi connectivity index (χ1) is 19.0. The maximum atomic E-state index is 14.1. The molecule has 1 amide bonds. The van der Waals surface area contributed by atoms with Crippen molar-refractivity contribution in [1.29, 1.82) is 0 Å². The van der Waals surface area contributed by atoms with E-state index < -0.39 is 0 Å². The Morgan fingerprint density at radius 2 is 1.82 bits per heavy atom. The molecule has 2 aliphatic rings. The molecule has 2 aliphatic heterocycles. The first-order valence-electron chi connectivity index (χ1n) is 14.0. The molecule has 8 heteroatoms. The van der Waals surface area contributed by atoms with E-state index in [-0.39, 0.29) is 17.8 Å². The highest BCUT2D eigenvalue weighted by molar-refractivity contribution is 5.94. The van der Waals surface area contributed by atoms with E-state index >= 15 is 0 Å². The summed E-state index contributed by atoms with van der Waals surface area (Å²) < 4.78 is 17.3. The average molecular weight is 528 g/mol. The molecule has 4 heterocycles. The lowest BCUT2D eigenvalue weighted by atomic mass is 9.95. The van der Waals surface area contributed by atoms with Gasteiger partial charge in [-0.2, -0.15) is 4.73 Å². The fraction of sp³-hybridized carbons (Fsp3) is 0.387. The Balaban J connectivity index is 1.18. The van der Waals surface area contributed by atoms with E-state index in [4.69, 9.17) is 4.98 Å². The summed E-state index contributed by atoms with van der Waals surface area (Å²) in [6.45, 7) is 3.00. The van der Waals surface area contributed by atoms with Crippen LogP contribution in [0, 0.1) is 11.0 Å². The Labute approximate surface area is 227 Å². The van der Waals surface area contributed by atoms with Gasteiger partial charge in [-0.15, -0.1) is 0 Å². The van der Waals surface area contributed by atoms with Crippen LogP contribution < -0.4 is 10.0 Å². The summed E-state index contributed by atoms with van der Waals surface area (Å²) in [7, 11) is 0. The molecule has 7 nitrogen and oxygen atoms in total. The number of para-hydroxylation sites is 2. The van der Waals surface area contributed by atoms with E-state index in [1.54, 1.807) is 6.07 Å². The first-order valence-corrected chi connectivity index (χ1v) is 14.0. The fourth-order valence-corrected chi connectivity index (χ4v) is 6.70. The van der Waals surface area contributed by atoms with Crippen LogP contribution in [0.25, 0.3) is 11.0 Å². The fourth-order valence-electron chi connectivity index (χ4n) is 6.70. The Hall–Kier alpha value is -3.78. The number of hydrogen-bond acceptors (Lipinski definition) is 4. The highest BCUT2D eigenvalue weighted by Gasteiger charge is 2.42. The number of piperidine rings is 1. The zero-order valence-electron chi connectivity index (χ0n) is 22.2. The minimum atomic E-state index is -0.339. The Bertz CT molecular complexity index is 1460. The van der Waals surface area contributed by atoms with E-state index in [1.165, 1.54) is 55.0 Å². The number of carbonyl (C=O) groups excluding carboxylic acids is 1. The van der Waals surface area contributed by atoms with E-state index in [9.17, 15) is 14.4 Å². The van der Waals surface area contributed by atoms with Gasteiger partial charge in [0.25, 0.3) is 5.91 Å². The second-order valence-electron chi connectivity index (χ2n) is 10.8. The number of fused-ring (bicyclic) bond motifs is 3. The molecule has 0 saturated carbocycles. The third-order valence-electron chi connectivity index (χ3n) is 8.51. The third kappa shape index (κ3) is 5.13. The largest absolute Gasteiger partial charge is 0.619 e. The van der Waals surface area contributed by atoms with Crippen molar-refractivity contribution in [3.63, 3.8) is 0 Å². The van der Waals surface area contributed by atoms with E-state index in [1.807, 2.05) is 6.07 Å². The van der Waals surface area contributed by atoms with Gasteiger partial charge >= 0.3 is 0 Å². The number of halogens is 1. The van der Waals surface area contributed by atoms with Crippen molar-refractivity contribution < 1.29 is 13.9 Å². The van der Waals surface area contributed by atoms with Gasteiger partial charge in [0.1, 0.15) is 11.6 Å². The summed E-state index contributed by atoms with van der Waals surface area (Å²) in [5.41, 5.74) is 3.45. The van der Waals surface area contributed by atoms with Crippen LogP contribution in [0.5, 0.6) is 0 Å². The minimum absolute atomic E-state index is 0.273. The predicted octanol–water partition coefficient (Wildman–Crippen LogP) is 5.10. The van der Waals surface area contributed by atoms with E-state index in [0.717, 1.165) is 42.7 Å². The second-order valence-corrected chi connectivity index (χ2v) is 10.8. The van der Waals surface area contributed by atoms with Crippen LogP contribution in [-0.2, 0) is 6.42 Å². The van der Waals surface area contributed by atoms with Crippen LogP contribution >= 0.6 is 0 Å². The lowest BCUT2D eigenvalue weighted by Gasteiger charge is -2.40. The number of carbonyl (C=O) groups is 1. The molecule has 1 N–H and O–H groups in total. The number of nitrogens with zero attached hydrogens (tertiary/aromatic N) is 4. The number of imidazole rings is 1. The monoisotopic (exact) mass is 527 g/mol. The van der Waals surface area contributed by atoms with Crippen LogP contribution in [0.1, 0.15) is 72.9 Å². The molecular formula is C31H34FN5O2. The highest BCUT2D eigenvalue weighted by Crippen LogP contribution is 2.42.